The van der Waals surface area contributed by atoms with Gasteiger partial charge in [-0.25, -0.2) is 0 Å². The lowest BCUT2D eigenvalue weighted by molar-refractivity contribution is -0.384. The third kappa shape index (κ3) is 5.45. The van der Waals surface area contributed by atoms with Crippen molar-refractivity contribution in [3.8, 4) is 0 Å². The van der Waals surface area contributed by atoms with Crippen molar-refractivity contribution in [1.29, 1.82) is 0 Å². The number of rotatable bonds is 8. The van der Waals surface area contributed by atoms with Crippen molar-refractivity contribution in [2.24, 2.45) is 5.41 Å². The van der Waals surface area contributed by atoms with Gasteiger partial charge in [-0.15, -0.1) is 0 Å². The van der Waals surface area contributed by atoms with Crippen molar-refractivity contribution in [3.05, 3.63) is 38.9 Å². The van der Waals surface area contributed by atoms with Gasteiger partial charge >= 0.3 is 0 Å². The SMILES string of the molecule is CC(C)(CO)CCCNCc1cc([N+](=O)[O-])ccc1Cl. The molecule has 1 aromatic rings. The minimum Gasteiger partial charge on any atom is -0.396 e. The molecule has 0 aliphatic carbocycles. The maximum Gasteiger partial charge on any atom is 0.269 e. The van der Waals surface area contributed by atoms with Crippen molar-refractivity contribution in [1.82, 2.24) is 5.32 Å². The molecule has 0 saturated carbocycles. The van der Waals surface area contributed by atoms with Crippen LogP contribution in [0.4, 0.5) is 5.69 Å². The minimum atomic E-state index is -0.427. The molecule has 20 heavy (non-hydrogen) atoms. The van der Waals surface area contributed by atoms with Gasteiger partial charge in [0.1, 0.15) is 0 Å². The van der Waals surface area contributed by atoms with Crippen LogP contribution in [0.1, 0.15) is 32.3 Å². The zero-order valence-corrected chi connectivity index (χ0v) is 12.6. The number of halogens is 1. The van der Waals surface area contributed by atoms with E-state index in [4.69, 9.17) is 16.7 Å². The summed E-state index contributed by atoms with van der Waals surface area (Å²) in [6.07, 6.45) is 1.85. The fraction of sp³-hybridized carbons (Fsp3) is 0.571. The smallest absolute Gasteiger partial charge is 0.269 e. The Morgan fingerprint density at radius 2 is 2.15 bits per heavy atom. The summed E-state index contributed by atoms with van der Waals surface area (Å²) in [5.74, 6) is 0. The van der Waals surface area contributed by atoms with Gasteiger partial charge in [0.2, 0.25) is 0 Å². The van der Waals surface area contributed by atoms with E-state index < -0.39 is 4.92 Å². The highest BCUT2D eigenvalue weighted by Crippen LogP contribution is 2.22. The summed E-state index contributed by atoms with van der Waals surface area (Å²) >= 11 is 6.01. The Bertz CT molecular complexity index is 464. The quantitative estimate of drug-likeness (QED) is 0.439. The molecule has 6 heteroatoms. The number of hydrogen-bond donors (Lipinski definition) is 2. The zero-order valence-electron chi connectivity index (χ0n) is 11.9. The largest absolute Gasteiger partial charge is 0.396 e. The molecule has 5 nitrogen and oxygen atoms in total. The lowest BCUT2D eigenvalue weighted by atomic mass is 9.89. The van der Waals surface area contributed by atoms with E-state index >= 15 is 0 Å². The Kier molecular flexibility index (Phi) is 6.39. The number of benzene rings is 1. The Balaban J connectivity index is 2.42. The molecule has 0 heterocycles. The predicted octanol–water partition coefficient (Wildman–Crippen LogP) is 3.14. The monoisotopic (exact) mass is 300 g/mol. The number of nitro groups is 1. The van der Waals surface area contributed by atoms with E-state index in [1.54, 1.807) is 6.07 Å². The van der Waals surface area contributed by atoms with Crippen LogP contribution in [-0.2, 0) is 6.54 Å². The highest BCUT2D eigenvalue weighted by molar-refractivity contribution is 6.31. The first-order valence-electron chi connectivity index (χ1n) is 6.60. The molecule has 0 amide bonds. The van der Waals surface area contributed by atoms with E-state index in [2.05, 4.69) is 5.32 Å². The van der Waals surface area contributed by atoms with Crippen LogP contribution in [0.25, 0.3) is 0 Å². The van der Waals surface area contributed by atoms with Gasteiger partial charge in [0.05, 0.1) is 4.92 Å². The Morgan fingerprint density at radius 1 is 1.45 bits per heavy atom. The van der Waals surface area contributed by atoms with Crippen LogP contribution in [0.5, 0.6) is 0 Å². The van der Waals surface area contributed by atoms with E-state index in [0.717, 1.165) is 24.9 Å². The lowest BCUT2D eigenvalue weighted by Gasteiger charge is -2.21. The van der Waals surface area contributed by atoms with Crippen LogP contribution in [0.15, 0.2) is 18.2 Å². The van der Waals surface area contributed by atoms with Gasteiger partial charge in [0.15, 0.2) is 0 Å². The third-order valence-corrected chi connectivity index (χ3v) is 3.56. The third-order valence-electron chi connectivity index (χ3n) is 3.19. The van der Waals surface area contributed by atoms with E-state index in [-0.39, 0.29) is 17.7 Å². The number of hydrogen-bond acceptors (Lipinski definition) is 4. The first-order valence-corrected chi connectivity index (χ1v) is 6.98. The van der Waals surface area contributed by atoms with Crippen molar-refractivity contribution >= 4 is 17.3 Å². The summed E-state index contributed by atoms with van der Waals surface area (Å²) < 4.78 is 0. The molecule has 0 saturated heterocycles. The molecule has 0 radical (unpaired) electrons. The molecule has 0 aromatic heterocycles. The van der Waals surface area contributed by atoms with Crippen LogP contribution in [0.2, 0.25) is 5.02 Å². The molecule has 2 N–H and O–H groups in total. The molecule has 0 fully saturated rings. The molecule has 112 valence electrons. The summed E-state index contributed by atoms with van der Waals surface area (Å²) in [7, 11) is 0. The van der Waals surface area contributed by atoms with Crippen molar-refractivity contribution in [2.75, 3.05) is 13.2 Å². The van der Waals surface area contributed by atoms with E-state index in [1.807, 2.05) is 13.8 Å². The number of nitrogens with zero attached hydrogens (tertiary/aromatic N) is 1. The summed E-state index contributed by atoms with van der Waals surface area (Å²) in [6, 6.07) is 4.44. The van der Waals surface area contributed by atoms with Gasteiger partial charge in [-0.3, -0.25) is 10.1 Å². The maximum atomic E-state index is 10.7. The lowest BCUT2D eigenvalue weighted by Crippen LogP contribution is -2.21. The van der Waals surface area contributed by atoms with Gasteiger partial charge in [-0.2, -0.15) is 0 Å². The minimum absolute atomic E-state index is 0.0487. The van der Waals surface area contributed by atoms with Gasteiger partial charge in [0, 0.05) is 30.3 Å². The van der Waals surface area contributed by atoms with Crippen LogP contribution in [0.3, 0.4) is 0 Å². The van der Waals surface area contributed by atoms with Crippen LogP contribution < -0.4 is 5.32 Å². The Morgan fingerprint density at radius 3 is 2.75 bits per heavy atom. The number of nitrogens with one attached hydrogen (secondary N) is 1. The topological polar surface area (TPSA) is 75.4 Å². The number of nitro benzene ring substituents is 1. The van der Waals surface area contributed by atoms with E-state index in [0.29, 0.717) is 11.6 Å². The summed E-state index contributed by atoms with van der Waals surface area (Å²) in [4.78, 5) is 10.3. The summed E-state index contributed by atoms with van der Waals surface area (Å²) in [5.41, 5.74) is 0.708. The van der Waals surface area contributed by atoms with E-state index in [1.165, 1.54) is 12.1 Å². The molecule has 1 aromatic carbocycles. The number of non-ortho nitro benzene ring substituents is 1. The molecule has 0 unspecified atom stereocenters. The summed E-state index contributed by atoms with van der Waals surface area (Å²) in [5, 5.41) is 23.6. The second kappa shape index (κ2) is 7.57. The number of aliphatic hydroxyl groups excluding tert-OH is 1. The zero-order chi connectivity index (χ0) is 15.2. The second-order valence-corrected chi connectivity index (χ2v) is 6.04. The van der Waals surface area contributed by atoms with Gasteiger partial charge < -0.3 is 10.4 Å². The highest BCUT2D eigenvalue weighted by Gasteiger charge is 2.15. The molecule has 0 bridgehead atoms. The average molecular weight is 301 g/mol. The van der Waals surface area contributed by atoms with Crippen molar-refractivity contribution in [3.63, 3.8) is 0 Å². The fourth-order valence-electron chi connectivity index (χ4n) is 1.80. The van der Waals surface area contributed by atoms with Gasteiger partial charge in [-0.1, -0.05) is 25.4 Å². The van der Waals surface area contributed by atoms with Crippen molar-refractivity contribution < 1.29 is 10.0 Å². The Hall–Kier alpha value is -1.17. The van der Waals surface area contributed by atoms with Gasteiger partial charge in [-0.05, 0) is 36.4 Å². The highest BCUT2D eigenvalue weighted by atomic mass is 35.5. The molecular formula is C14H21ClN2O3. The maximum absolute atomic E-state index is 10.7. The summed E-state index contributed by atoms with van der Waals surface area (Å²) in [6.45, 7) is 5.49. The first-order chi connectivity index (χ1) is 9.35. The van der Waals surface area contributed by atoms with Crippen LogP contribution in [0, 0.1) is 15.5 Å². The normalized spacial score (nSPS) is 11.6. The predicted molar refractivity (Wildman–Crippen MR) is 79.9 cm³/mol. The van der Waals surface area contributed by atoms with Gasteiger partial charge in [0.25, 0.3) is 5.69 Å². The average Bonchev–Trinajstić information content (AvgIpc) is 2.40. The molecule has 0 atom stereocenters. The standard InChI is InChI=1S/C14H21ClN2O3/c1-14(2,10-18)6-3-7-16-9-11-8-12(17(19)20)4-5-13(11)15/h4-5,8,16,18H,3,6-7,9-10H2,1-2H3. The van der Waals surface area contributed by atoms with Crippen molar-refractivity contribution in [2.45, 2.75) is 33.2 Å². The molecular weight excluding hydrogens is 280 g/mol. The molecule has 0 spiro atoms. The first kappa shape index (κ1) is 16.9. The number of aliphatic hydroxyl groups is 1. The van der Waals surface area contributed by atoms with E-state index in [9.17, 15) is 10.1 Å². The Labute approximate surface area is 124 Å². The van der Waals surface area contributed by atoms with Crippen LogP contribution >= 0.6 is 11.6 Å². The molecule has 0 aliphatic rings. The second-order valence-electron chi connectivity index (χ2n) is 5.64. The fourth-order valence-corrected chi connectivity index (χ4v) is 1.99. The molecule has 1 rings (SSSR count). The molecule has 0 aliphatic heterocycles. The van der Waals surface area contributed by atoms with Crippen LogP contribution in [-0.4, -0.2) is 23.2 Å².